The van der Waals surface area contributed by atoms with Crippen LogP contribution in [0.1, 0.15) is 34.1 Å². The summed E-state index contributed by atoms with van der Waals surface area (Å²) in [6.07, 6.45) is 0.659. The van der Waals surface area contributed by atoms with Crippen LogP contribution in [0.4, 0.5) is 0 Å². The van der Waals surface area contributed by atoms with Gasteiger partial charge in [-0.25, -0.2) is 4.79 Å². The number of imide groups is 1. The van der Waals surface area contributed by atoms with Crippen LogP contribution in [0.3, 0.4) is 0 Å². The van der Waals surface area contributed by atoms with E-state index in [0.29, 0.717) is 23.1 Å². The van der Waals surface area contributed by atoms with Crippen molar-refractivity contribution >= 4 is 17.8 Å². The van der Waals surface area contributed by atoms with Gasteiger partial charge in [0.1, 0.15) is 0 Å². The van der Waals surface area contributed by atoms with Gasteiger partial charge in [-0.15, -0.1) is 0 Å². The van der Waals surface area contributed by atoms with Gasteiger partial charge in [-0.3, -0.25) is 14.9 Å². The van der Waals surface area contributed by atoms with Gasteiger partial charge in [-0.05, 0) is 18.6 Å². The van der Waals surface area contributed by atoms with E-state index in [-0.39, 0.29) is 17.8 Å². The molecule has 19 heavy (non-hydrogen) atoms. The summed E-state index contributed by atoms with van der Waals surface area (Å²) < 4.78 is 4.36. The summed E-state index contributed by atoms with van der Waals surface area (Å²) in [4.78, 5) is 32.3. The molecule has 1 aliphatic heterocycles. The quantitative estimate of drug-likeness (QED) is 0.499. The van der Waals surface area contributed by atoms with Crippen molar-refractivity contribution in [3.8, 4) is 0 Å². The topological polar surface area (TPSA) is 72.5 Å². The Bertz CT molecular complexity index is 487. The van der Waals surface area contributed by atoms with Gasteiger partial charge >= 0.3 is 5.97 Å². The number of benzene rings is 1. The average Bonchev–Trinajstić information content (AvgIpc) is 2.73. The van der Waals surface area contributed by atoms with E-state index < -0.39 is 0 Å². The van der Waals surface area contributed by atoms with Crippen LogP contribution in [0.25, 0.3) is 0 Å². The van der Waals surface area contributed by atoms with Crippen molar-refractivity contribution in [2.24, 2.45) is 0 Å². The summed E-state index contributed by atoms with van der Waals surface area (Å²) >= 11 is 0. The van der Waals surface area contributed by atoms with Crippen LogP contribution in [0.2, 0.25) is 0 Å². The Morgan fingerprint density at radius 3 is 2.00 bits per heavy atom. The highest BCUT2D eigenvalue weighted by Crippen LogP contribution is 2.13. The Labute approximate surface area is 111 Å². The standard InChI is InChI=1S/C8H5NO2.C6H10O2/c10-7-5-3-1-2-4-6(5)8(11)9-7;1-4-5(2)6(7)8-3/h1-4H,(H,9,10,11);2,4H2,1,3H3. The van der Waals surface area contributed by atoms with Crippen LogP contribution < -0.4 is 5.32 Å². The molecular weight excluding hydrogens is 246 g/mol. The number of carbonyl (C=O) groups is 3. The number of methoxy groups -OCH3 is 1. The first-order valence-electron chi connectivity index (χ1n) is 5.72. The van der Waals surface area contributed by atoms with Crippen LogP contribution in [0.15, 0.2) is 36.4 Å². The maximum Gasteiger partial charge on any atom is 0.333 e. The third-order valence-electron chi connectivity index (χ3n) is 2.54. The molecular formula is C14H15NO4. The molecule has 0 spiro atoms. The summed E-state index contributed by atoms with van der Waals surface area (Å²) in [6.45, 7) is 5.33. The SMILES string of the molecule is C=C(CC)C(=O)OC.O=C1NC(=O)c2ccccc21. The molecule has 100 valence electrons. The van der Waals surface area contributed by atoms with E-state index in [4.69, 9.17) is 0 Å². The molecule has 1 aliphatic rings. The molecule has 0 saturated heterocycles. The number of hydrogen-bond donors (Lipinski definition) is 1. The number of esters is 1. The van der Waals surface area contributed by atoms with Crippen molar-refractivity contribution in [1.82, 2.24) is 5.32 Å². The zero-order valence-electron chi connectivity index (χ0n) is 10.9. The summed E-state index contributed by atoms with van der Waals surface area (Å²) in [7, 11) is 1.35. The van der Waals surface area contributed by atoms with Gasteiger partial charge in [0.15, 0.2) is 0 Å². The molecule has 2 amide bonds. The van der Waals surface area contributed by atoms with Gasteiger partial charge in [0.2, 0.25) is 0 Å². The van der Waals surface area contributed by atoms with Crippen molar-refractivity contribution in [3.05, 3.63) is 47.5 Å². The second kappa shape index (κ2) is 6.49. The van der Waals surface area contributed by atoms with Gasteiger partial charge in [0.25, 0.3) is 11.8 Å². The second-order valence-electron chi connectivity index (χ2n) is 3.78. The lowest BCUT2D eigenvalue weighted by Crippen LogP contribution is -2.19. The second-order valence-corrected chi connectivity index (χ2v) is 3.78. The van der Waals surface area contributed by atoms with E-state index >= 15 is 0 Å². The molecule has 0 aliphatic carbocycles. The molecule has 1 aromatic rings. The molecule has 1 heterocycles. The highest BCUT2D eigenvalue weighted by atomic mass is 16.5. The lowest BCUT2D eigenvalue weighted by atomic mass is 10.1. The van der Waals surface area contributed by atoms with Crippen molar-refractivity contribution in [1.29, 1.82) is 0 Å². The number of nitrogens with one attached hydrogen (secondary N) is 1. The molecule has 1 aromatic carbocycles. The molecule has 5 nitrogen and oxygen atoms in total. The molecule has 0 unspecified atom stereocenters. The number of ether oxygens (including phenoxy) is 1. The predicted octanol–water partition coefficient (Wildman–Crippen LogP) is 1.70. The number of hydrogen-bond acceptors (Lipinski definition) is 4. The number of rotatable bonds is 2. The maximum atomic E-state index is 10.9. The lowest BCUT2D eigenvalue weighted by Gasteiger charge is -1.95. The Hall–Kier alpha value is -2.43. The zero-order chi connectivity index (χ0) is 14.4. The van der Waals surface area contributed by atoms with E-state index in [1.165, 1.54) is 7.11 Å². The maximum absolute atomic E-state index is 10.9. The van der Waals surface area contributed by atoms with Gasteiger partial charge < -0.3 is 4.74 Å². The van der Waals surface area contributed by atoms with Crippen LogP contribution >= 0.6 is 0 Å². The largest absolute Gasteiger partial charge is 0.466 e. The highest BCUT2D eigenvalue weighted by Gasteiger charge is 2.25. The average molecular weight is 261 g/mol. The van der Waals surface area contributed by atoms with Crippen LogP contribution in [-0.2, 0) is 9.53 Å². The van der Waals surface area contributed by atoms with Crippen LogP contribution in [0.5, 0.6) is 0 Å². The number of fused-ring (bicyclic) bond motifs is 1. The molecule has 0 saturated carbocycles. The van der Waals surface area contributed by atoms with E-state index in [9.17, 15) is 14.4 Å². The number of amides is 2. The summed E-state index contributed by atoms with van der Waals surface area (Å²) in [5.41, 5.74) is 1.46. The fourth-order valence-corrected chi connectivity index (χ4v) is 1.41. The van der Waals surface area contributed by atoms with Crippen molar-refractivity contribution in [2.75, 3.05) is 7.11 Å². The van der Waals surface area contributed by atoms with Gasteiger partial charge in [0, 0.05) is 5.57 Å². The molecule has 2 rings (SSSR count). The Balaban J connectivity index is 0.000000203. The Kier molecular flexibility index (Phi) is 5.00. The molecule has 0 fully saturated rings. The van der Waals surface area contributed by atoms with E-state index in [1.807, 2.05) is 6.92 Å². The summed E-state index contributed by atoms with van der Waals surface area (Å²) in [5.74, 6) is -0.913. The van der Waals surface area contributed by atoms with E-state index in [2.05, 4.69) is 16.6 Å². The van der Waals surface area contributed by atoms with E-state index in [1.54, 1.807) is 24.3 Å². The Morgan fingerprint density at radius 1 is 1.21 bits per heavy atom. The van der Waals surface area contributed by atoms with Crippen molar-refractivity contribution in [2.45, 2.75) is 13.3 Å². The van der Waals surface area contributed by atoms with Gasteiger partial charge in [-0.1, -0.05) is 25.6 Å². The molecule has 1 N–H and O–H groups in total. The first kappa shape index (κ1) is 14.6. The number of carbonyl (C=O) groups excluding carboxylic acids is 3. The molecule has 0 atom stereocenters. The minimum Gasteiger partial charge on any atom is -0.466 e. The fraction of sp³-hybridized carbons (Fsp3) is 0.214. The summed E-state index contributed by atoms with van der Waals surface area (Å²) in [6, 6.07) is 6.74. The van der Waals surface area contributed by atoms with Crippen LogP contribution in [-0.4, -0.2) is 24.9 Å². The third-order valence-corrected chi connectivity index (χ3v) is 2.54. The Morgan fingerprint density at radius 2 is 1.68 bits per heavy atom. The summed E-state index contributed by atoms with van der Waals surface area (Å²) in [5, 5.41) is 2.20. The normalized spacial score (nSPS) is 11.9. The van der Waals surface area contributed by atoms with E-state index in [0.717, 1.165) is 0 Å². The lowest BCUT2D eigenvalue weighted by molar-refractivity contribution is -0.136. The van der Waals surface area contributed by atoms with Gasteiger partial charge in [0.05, 0.1) is 18.2 Å². The van der Waals surface area contributed by atoms with Crippen molar-refractivity contribution in [3.63, 3.8) is 0 Å². The zero-order valence-corrected chi connectivity index (χ0v) is 10.9. The smallest absolute Gasteiger partial charge is 0.333 e. The predicted molar refractivity (Wildman–Crippen MR) is 69.7 cm³/mol. The first-order chi connectivity index (χ1) is 9.01. The first-order valence-corrected chi connectivity index (χ1v) is 5.72. The van der Waals surface area contributed by atoms with Gasteiger partial charge in [-0.2, -0.15) is 0 Å². The molecule has 0 aromatic heterocycles. The molecule has 0 bridgehead atoms. The third kappa shape index (κ3) is 3.51. The molecule has 0 radical (unpaired) electrons. The molecule has 5 heteroatoms. The monoisotopic (exact) mass is 261 g/mol. The van der Waals surface area contributed by atoms with Crippen molar-refractivity contribution < 1.29 is 19.1 Å². The van der Waals surface area contributed by atoms with Crippen LogP contribution in [0, 0.1) is 0 Å². The highest BCUT2D eigenvalue weighted by molar-refractivity contribution is 6.21. The minimum absolute atomic E-state index is 0.300. The fourth-order valence-electron chi connectivity index (χ4n) is 1.41. The minimum atomic E-state index is -0.312.